The molecule has 0 saturated carbocycles. The number of anilines is 1. The van der Waals surface area contributed by atoms with Gasteiger partial charge in [0.2, 0.25) is 5.91 Å². The van der Waals surface area contributed by atoms with Gasteiger partial charge < -0.3 is 11.1 Å². The number of nitrogens with zero attached hydrogens (tertiary/aromatic N) is 1. The third kappa shape index (κ3) is 4.20. The quantitative estimate of drug-likeness (QED) is 0.713. The van der Waals surface area contributed by atoms with Crippen LogP contribution in [0.5, 0.6) is 0 Å². The highest BCUT2D eigenvalue weighted by Gasteiger charge is 2.51. The number of nitrogens with two attached hydrogens (primary N) is 1. The molecule has 0 spiro atoms. The van der Waals surface area contributed by atoms with Crippen molar-refractivity contribution in [1.29, 1.82) is 0 Å². The first kappa shape index (κ1) is 21.1. The Kier molecular flexibility index (Phi) is 6.06. The van der Waals surface area contributed by atoms with E-state index in [0.717, 1.165) is 23.4 Å². The molecule has 1 heterocycles. The van der Waals surface area contributed by atoms with E-state index in [1.165, 1.54) is 0 Å². The van der Waals surface area contributed by atoms with E-state index in [2.05, 4.69) is 31.0 Å². The highest BCUT2D eigenvalue weighted by atomic mass is 35.5. The topological polar surface area (TPSA) is 58.4 Å². The molecule has 150 valence electrons. The summed E-state index contributed by atoms with van der Waals surface area (Å²) in [4.78, 5) is 15.7. The molecule has 1 aliphatic rings. The highest BCUT2D eigenvalue weighted by Crippen LogP contribution is 2.45. The third-order valence-electron chi connectivity index (χ3n) is 5.00. The van der Waals surface area contributed by atoms with Crippen LogP contribution in [0, 0.1) is 5.41 Å². The maximum absolute atomic E-state index is 13.5. The van der Waals surface area contributed by atoms with Gasteiger partial charge in [0.25, 0.3) is 0 Å². The van der Waals surface area contributed by atoms with E-state index in [1.54, 1.807) is 0 Å². The molecule has 0 bridgehead atoms. The lowest BCUT2D eigenvalue weighted by Crippen LogP contribution is -2.56. The predicted octanol–water partition coefficient (Wildman–Crippen LogP) is 4.69. The summed E-state index contributed by atoms with van der Waals surface area (Å²) in [6.07, 6.45) is 0.504. The average Bonchev–Trinajstić information content (AvgIpc) is 2.85. The van der Waals surface area contributed by atoms with E-state index >= 15 is 0 Å². The van der Waals surface area contributed by atoms with E-state index in [-0.39, 0.29) is 11.3 Å². The Morgan fingerprint density at radius 1 is 1.11 bits per heavy atom. The lowest BCUT2D eigenvalue weighted by atomic mass is 9.81. The van der Waals surface area contributed by atoms with E-state index in [4.69, 9.17) is 28.9 Å². The first-order valence-electron chi connectivity index (χ1n) is 9.47. The molecule has 0 radical (unpaired) electrons. The Balaban J connectivity index is 2.17. The highest BCUT2D eigenvalue weighted by molar-refractivity contribution is 6.31. The number of halogens is 2. The van der Waals surface area contributed by atoms with Gasteiger partial charge in [-0.1, -0.05) is 62.2 Å². The summed E-state index contributed by atoms with van der Waals surface area (Å²) in [5.74, 6) is -0.0533. The number of hydrogen-bond acceptors (Lipinski definition) is 3. The third-order valence-corrected chi connectivity index (χ3v) is 5.47. The van der Waals surface area contributed by atoms with Crippen molar-refractivity contribution in [2.75, 3.05) is 25.0 Å². The fourth-order valence-electron chi connectivity index (χ4n) is 4.01. The molecular weight excluding hydrogens is 393 g/mol. The van der Waals surface area contributed by atoms with Crippen molar-refractivity contribution in [1.82, 2.24) is 4.90 Å². The van der Waals surface area contributed by atoms with Crippen LogP contribution in [0.2, 0.25) is 10.0 Å². The zero-order valence-electron chi connectivity index (χ0n) is 16.6. The van der Waals surface area contributed by atoms with Crippen LogP contribution in [0.3, 0.4) is 0 Å². The molecule has 1 aliphatic heterocycles. The largest absolute Gasteiger partial charge is 0.329 e. The van der Waals surface area contributed by atoms with Crippen LogP contribution < -0.4 is 11.1 Å². The van der Waals surface area contributed by atoms with Crippen molar-refractivity contribution >= 4 is 34.8 Å². The Labute approximate surface area is 177 Å². The normalized spacial score (nSPS) is 19.0. The number of nitrogens with one attached hydrogen (secondary N) is 1. The van der Waals surface area contributed by atoms with Gasteiger partial charge in [-0.15, -0.1) is 0 Å². The summed E-state index contributed by atoms with van der Waals surface area (Å²) in [5, 5.41) is 4.30. The zero-order valence-corrected chi connectivity index (χ0v) is 18.1. The SMILES string of the molecule is CC(C)(C)CN(CCN)C1(Cc2cccc(Cl)c2)C(=O)Nc2cc(Cl)ccc21. The lowest BCUT2D eigenvalue weighted by Gasteiger charge is -2.43. The number of carbonyl (C=O) groups excluding carboxylic acids is 1. The van der Waals surface area contributed by atoms with Crippen molar-refractivity contribution in [2.24, 2.45) is 11.1 Å². The van der Waals surface area contributed by atoms with Crippen molar-refractivity contribution in [2.45, 2.75) is 32.7 Å². The molecule has 6 heteroatoms. The van der Waals surface area contributed by atoms with Crippen LogP contribution in [-0.2, 0) is 16.8 Å². The molecule has 2 aromatic carbocycles. The summed E-state index contributed by atoms with van der Waals surface area (Å²) in [7, 11) is 0. The summed E-state index contributed by atoms with van der Waals surface area (Å²) < 4.78 is 0. The molecule has 4 nitrogen and oxygen atoms in total. The molecule has 28 heavy (non-hydrogen) atoms. The van der Waals surface area contributed by atoms with Gasteiger partial charge in [0.05, 0.1) is 0 Å². The van der Waals surface area contributed by atoms with Crippen LogP contribution in [0.1, 0.15) is 31.9 Å². The van der Waals surface area contributed by atoms with E-state index in [9.17, 15) is 4.79 Å². The molecule has 0 aliphatic carbocycles. The Bertz CT molecular complexity index is 878. The van der Waals surface area contributed by atoms with Crippen LogP contribution in [0.25, 0.3) is 0 Å². The van der Waals surface area contributed by atoms with E-state index in [0.29, 0.717) is 29.6 Å². The molecule has 1 unspecified atom stereocenters. The molecule has 0 fully saturated rings. The van der Waals surface area contributed by atoms with E-state index < -0.39 is 5.54 Å². The molecule has 1 amide bonds. The van der Waals surface area contributed by atoms with Crippen molar-refractivity contribution in [3.05, 3.63) is 63.6 Å². The maximum Gasteiger partial charge on any atom is 0.249 e. The number of benzene rings is 2. The first-order valence-corrected chi connectivity index (χ1v) is 10.2. The van der Waals surface area contributed by atoms with Gasteiger partial charge in [-0.2, -0.15) is 0 Å². The summed E-state index contributed by atoms with van der Waals surface area (Å²) in [6.45, 7) is 8.29. The van der Waals surface area contributed by atoms with Gasteiger partial charge in [-0.05, 0) is 35.2 Å². The van der Waals surface area contributed by atoms with Crippen LogP contribution >= 0.6 is 23.2 Å². The van der Waals surface area contributed by atoms with Gasteiger partial charge in [-0.25, -0.2) is 0 Å². The lowest BCUT2D eigenvalue weighted by molar-refractivity contribution is -0.128. The molecule has 1 atom stereocenters. The monoisotopic (exact) mass is 419 g/mol. The van der Waals surface area contributed by atoms with Crippen LogP contribution in [0.15, 0.2) is 42.5 Å². The molecule has 3 N–H and O–H groups in total. The minimum atomic E-state index is -0.864. The molecule has 0 aromatic heterocycles. The van der Waals surface area contributed by atoms with Crippen molar-refractivity contribution < 1.29 is 4.79 Å². The standard InChI is InChI=1S/C22H27Cl2N3O/c1-21(2,3)14-27(10-9-25)22(13-15-5-4-6-16(23)11-15)18-8-7-17(24)12-19(18)26-20(22)28/h4-8,11-12H,9-10,13-14,25H2,1-3H3,(H,26,28). The average molecular weight is 420 g/mol. The number of fused-ring (bicyclic) bond motifs is 1. The van der Waals surface area contributed by atoms with Gasteiger partial charge >= 0.3 is 0 Å². The molecule has 3 rings (SSSR count). The molecule has 0 saturated heterocycles. The molecular formula is C22H27Cl2N3O. The van der Waals surface area contributed by atoms with Gasteiger partial charge in [0.15, 0.2) is 0 Å². The predicted molar refractivity (Wildman–Crippen MR) is 117 cm³/mol. The number of carbonyl (C=O) groups is 1. The van der Waals surface area contributed by atoms with Crippen LogP contribution in [-0.4, -0.2) is 30.4 Å². The minimum absolute atomic E-state index is 0.00797. The number of amides is 1. The second-order valence-corrected chi connectivity index (χ2v) is 9.45. The Hall–Kier alpha value is -1.59. The smallest absolute Gasteiger partial charge is 0.249 e. The fourth-order valence-corrected chi connectivity index (χ4v) is 4.39. The Morgan fingerprint density at radius 2 is 1.82 bits per heavy atom. The fraction of sp³-hybridized carbons (Fsp3) is 0.409. The number of hydrogen-bond donors (Lipinski definition) is 2. The van der Waals surface area contributed by atoms with Crippen molar-refractivity contribution in [3.63, 3.8) is 0 Å². The second kappa shape index (κ2) is 8.03. The van der Waals surface area contributed by atoms with E-state index in [1.807, 2.05) is 42.5 Å². The second-order valence-electron chi connectivity index (χ2n) is 8.58. The zero-order chi connectivity index (χ0) is 20.5. The van der Waals surface area contributed by atoms with Crippen molar-refractivity contribution in [3.8, 4) is 0 Å². The summed E-state index contributed by atoms with van der Waals surface area (Å²) >= 11 is 12.4. The molecule has 2 aromatic rings. The Morgan fingerprint density at radius 3 is 2.46 bits per heavy atom. The summed E-state index contributed by atoms with van der Waals surface area (Å²) in [5.41, 5.74) is 7.79. The van der Waals surface area contributed by atoms with Crippen LogP contribution in [0.4, 0.5) is 5.69 Å². The number of rotatable bonds is 6. The summed E-state index contributed by atoms with van der Waals surface area (Å²) in [6, 6.07) is 13.3. The maximum atomic E-state index is 13.5. The van der Waals surface area contributed by atoms with Gasteiger partial charge in [0.1, 0.15) is 5.54 Å². The first-order chi connectivity index (χ1) is 13.2. The minimum Gasteiger partial charge on any atom is -0.329 e. The van der Waals surface area contributed by atoms with Gasteiger partial charge in [-0.3, -0.25) is 9.69 Å². The van der Waals surface area contributed by atoms with Gasteiger partial charge in [0, 0.05) is 47.4 Å².